The first-order valence-electron chi connectivity index (χ1n) is 7.46. The lowest BCUT2D eigenvalue weighted by atomic mass is 10.0. The van der Waals surface area contributed by atoms with Gasteiger partial charge in [-0.15, -0.1) is 0 Å². The molecule has 0 saturated carbocycles. The molecular weight excluding hydrogens is 290 g/mol. The van der Waals surface area contributed by atoms with Crippen molar-refractivity contribution in [2.75, 3.05) is 12.4 Å². The normalized spacial score (nSPS) is 11.5. The highest BCUT2D eigenvalue weighted by Crippen LogP contribution is 2.32. The Bertz CT molecular complexity index is 1040. The number of imidazole rings is 1. The summed E-state index contributed by atoms with van der Waals surface area (Å²) < 4.78 is 7.90. The molecule has 0 spiro atoms. The lowest BCUT2D eigenvalue weighted by molar-refractivity contribution is 0.608. The number of oxazole rings is 1. The van der Waals surface area contributed by atoms with Gasteiger partial charge in [-0.05, 0) is 31.0 Å². The lowest BCUT2D eigenvalue weighted by Gasteiger charge is -2.03. The van der Waals surface area contributed by atoms with Crippen molar-refractivity contribution in [2.45, 2.75) is 13.8 Å². The molecule has 6 heteroatoms. The Morgan fingerprint density at radius 1 is 1.13 bits per heavy atom. The molecule has 3 heterocycles. The van der Waals surface area contributed by atoms with Crippen LogP contribution in [0.3, 0.4) is 0 Å². The number of aromatic nitrogens is 4. The second kappa shape index (κ2) is 4.81. The molecule has 0 atom stereocenters. The minimum atomic E-state index is 0.515. The average Bonchev–Trinajstić information content (AvgIpc) is 3.12. The monoisotopic (exact) mass is 307 g/mol. The molecule has 0 saturated heterocycles. The van der Waals surface area contributed by atoms with Crippen LogP contribution < -0.4 is 5.32 Å². The van der Waals surface area contributed by atoms with Crippen molar-refractivity contribution in [1.29, 1.82) is 0 Å². The molecule has 0 amide bonds. The highest BCUT2D eigenvalue weighted by molar-refractivity contribution is 6.03. The number of nitrogens with one attached hydrogen (secondary N) is 1. The molecule has 0 fully saturated rings. The third kappa shape index (κ3) is 1.91. The average molecular weight is 307 g/mol. The van der Waals surface area contributed by atoms with Crippen LogP contribution in [0.25, 0.3) is 33.7 Å². The molecule has 0 radical (unpaired) electrons. The number of nitrogens with zero attached hydrogens (tertiary/aromatic N) is 4. The molecule has 4 rings (SSSR count). The van der Waals surface area contributed by atoms with Crippen molar-refractivity contribution in [3.63, 3.8) is 0 Å². The number of benzene rings is 1. The molecule has 0 aliphatic heterocycles. The predicted octanol–water partition coefficient (Wildman–Crippen LogP) is 3.44. The summed E-state index contributed by atoms with van der Waals surface area (Å²) in [5, 5.41) is 3.07. The van der Waals surface area contributed by atoms with Crippen molar-refractivity contribution in [2.24, 2.45) is 7.05 Å². The molecule has 4 aromatic rings. The molecule has 0 aliphatic carbocycles. The van der Waals surface area contributed by atoms with Crippen molar-refractivity contribution >= 4 is 28.1 Å². The van der Waals surface area contributed by atoms with Gasteiger partial charge in [0.1, 0.15) is 11.0 Å². The van der Waals surface area contributed by atoms with E-state index in [-0.39, 0.29) is 0 Å². The maximum Gasteiger partial charge on any atom is 0.251 e. The van der Waals surface area contributed by atoms with Crippen molar-refractivity contribution in [3.8, 4) is 11.5 Å². The van der Waals surface area contributed by atoms with Gasteiger partial charge in [0, 0.05) is 19.7 Å². The van der Waals surface area contributed by atoms with E-state index in [1.165, 1.54) is 5.56 Å². The highest BCUT2D eigenvalue weighted by atomic mass is 16.4. The summed E-state index contributed by atoms with van der Waals surface area (Å²) in [6, 6.07) is 6.11. The molecule has 0 aliphatic rings. The molecule has 0 bridgehead atoms. The Morgan fingerprint density at radius 3 is 2.74 bits per heavy atom. The lowest BCUT2D eigenvalue weighted by Crippen LogP contribution is -1.95. The first-order chi connectivity index (χ1) is 11.1. The molecule has 6 nitrogen and oxygen atoms in total. The van der Waals surface area contributed by atoms with Gasteiger partial charge in [-0.1, -0.05) is 12.1 Å². The Balaban J connectivity index is 2.07. The van der Waals surface area contributed by atoms with Crippen LogP contribution in [0.15, 0.2) is 28.9 Å². The molecular formula is C17H17N5O. The molecule has 0 unspecified atom stereocenters. The summed E-state index contributed by atoms with van der Waals surface area (Å²) in [4.78, 5) is 13.6. The zero-order chi connectivity index (χ0) is 16.1. The summed E-state index contributed by atoms with van der Waals surface area (Å²) in [5.74, 6) is 1.28. The summed E-state index contributed by atoms with van der Waals surface area (Å²) in [7, 11) is 3.77. The van der Waals surface area contributed by atoms with E-state index in [1.54, 1.807) is 6.33 Å². The van der Waals surface area contributed by atoms with E-state index in [1.807, 2.05) is 30.8 Å². The third-order valence-corrected chi connectivity index (χ3v) is 4.28. The minimum absolute atomic E-state index is 0.515. The van der Waals surface area contributed by atoms with Crippen LogP contribution in [0.2, 0.25) is 0 Å². The smallest absolute Gasteiger partial charge is 0.251 e. The van der Waals surface area contributed by atoms with Crippen LogP contribution in [0, 0.1) is 13.8 Å². The van der Waals surface area contributed by atoms with Crippen molar-refractivity contribution in [1.82, 2.24) is 19.5 Å². The van der Waals surface area contributed by atoms with E-state index < -0.39 is 0 Å². The van der Waals surface area contributed by atoms with Gasteiger partial charge < -0.3 is 14.3 Å². The van der Waals surface area contributed by atoms with Crippen molar-refractivity contribution < 1.29 is 4.42 Å². The van der Waals surface area contributed by atoms with E-state index in [0.717, 1.165) is 27.7 Å². The number of anilines is 1. The number of fused-ring (bicyclic) bond motifs is 3. The summed E-state index contributed by atoms with van der Waals surface area (Å²) >= 11 is 0. The third-order valence-electron chi connectivity index (χ3n) is 4.28. The van der Waals surface area contributed by atoms with Gasteiger partial charge in [0.25, 0.3) is 5.71 Å². The van der Waals surface area contributed by atoms with Crippen LogP contribution in [0.1, 0.15) is 11.1 Å². The van der Waals surface area contributed by atoms with E-state index >= 15 is 0 Å². The molecule has 1 aromatic carbocycles. The van der Waals surface area contributed by atoms with E-state index in [9.17, 15) is 0 Å². The fourth-order valence-electron chi connectivity index (χ4n) is 2.85. The van der Waals surface area contributed by atoms with Crippen LogP contribution in [0.4, 0.5) is 5.82 Å². The number of pyridine rings is 1. The number of hydrogen-bond acceptors (Lipinski definition) is 5. The Kier molecular flexibility index (Phi) is 2.87. The quantitative estimate of drug-likeness (QED) is 0.614. The fraction of sp³-hybridized carbons (Fsp3) is 0.235. The van der Waals surface area contributed by atoms with E-state index in [0.29, 0.717) is 17.4 Å². The van der Waals surface area contributed by atoms with E-state index in [2.05, 4.69) is 35.2 Å². The maximum absolute atomic E-state index is 5.96. The van der Waals surface area contributed by atoms with Gasteiger partial charge in [-0.3, -0.25) is 0 Å². The summed E-state index contributed by atoms with van der Waals surface area (Å²) in [6.45, 7) is 4.16. The standard InChI is InChI=1S/C17H17N5O/c1-9-6-5-7-11(10(9)2)16-20-13-14-12(19-8-22(14)4)15(18-3)21-17(13)23-16/h5-8H,1-4H3,(H,18,21). The second-order valence-corrected chi connectivity index (χ2v) is 5.68. The number of aryl methyl sites for hydroxylation is 2. The predicted molar refractivity (Wildman–Crippen MR) is 90.5 cm³/mol. The van der Waals surface area contributed by atoms with Crippen LogP contribution in [-0.2, 0) is 7.05 Å². The Labute approximate surface area is 133 Å². The van der Waals surface area contributed by atoms with Gasteiger partial charge in [-0.25, -0.2) is 9.97 Å². The van der Waals surface area contributed by atoms with Crippen LogP contribution in [0.5, 0.6) is 0 Å². The Morgan fingerprint density at radius 2 is 1.96 bits per heavy atom. The first kappa shape index (κ1) is 13.8. The van der Waals surface area contributed by atoms with Crippen LogP contribution in [-0.4, -0.2) is 26.6 Å². The highest BCUT2D eigenvalue weighted by Gasteiger charge is 2.19. The summed E-state index contributed by atoms with van der Waals surface area (Å²) in [5.41, 5.74) is 6.32. The second-order valence-electron chi connectivity index (χ2n) is 5.68. The largest absolute Gasteiger partial charge is 0.418 e. The fourth-order valence-corrected chi connectivity index (χ4v) is 2.85. The Hall–Kier alpha value is -2.89. The van der Waals surface area contributed by atoms with E-state index in [4.69, 9.17) is 9.40 Å². The number of hydrogen-bond donors (Lipinski definition) is 1. The SMILES string of the molecule is CNc1nc2oc(-c3cccc(C)c3C)nc2c2c1ncn2C. The maximum atomic E-state index is 5.96. The van der Waals surface area contributed by atoms with Gasteiger partial charge in [0.2, 0.25) is 5.89 Å². The minimum Gasteiger partial charge on any atom is -0.418 e. The molecule has 3 aromatic heterocycles. The van der Waals surface area contributed by atoms with Gasteiger partial charge in [0.15, 0.2) is 11.3 Å². The summed E-state index contributed by atoms with van der Waals surface area (Å²) in [6.07, 6.45) is 1.76. The van der Waals surface area contributed by atoms with Crippen molar-refractivity contribution in [3.05, 3.63) is 35.7 Å². The van der Waals surface area contributed by atoms with Gasteiger partial charge in [0.05, 0.1) is 6.33 Å². The van der Waals surface area contributed by atoms with Gasteiger partial charge in [-0.2, -0.15) is 4.98 Å². The topological polar surface area (TPSA) is 68.8 Å². The zero-order valence-electron chi connectivity index (χ0n) is 13.5. The van der Waals surface area contributed by atoms with Crippen LogP contribution >= 0.6 is 0 Å². The molecule has 116 valence electrons. The molecule has 1 N–H and O–H groups in total. The van der Waals surface area contributed by atoms with Gasteiger partial charge >= 0.3 is 0 Å². The molecule has 23 heavy (non-hydrogen) atoms. The zero-order valence-corrected chi connectivity index (χ0v) is 13.5. The first-order valence-corrected chi connectivity index (χ1v) is 7.46. The number of rotatable bonds is 2.